The smallest absolute Gasteiger partial charge is 0.154 e. The molecule has 1 atom stereocenters. The Morgan fingerprint density at radius 2 is 2.31 bits per heavy atom. The van der Waals surface area contributed by atoms with Crippen LogP contribution in [0, 0.1) is 0 Å². The maximum atomic E-state index is 11.6. The molecule has 2 rings (SSSR count). The molecule has 1 unspecified atom stereocenters. The van der Waals surface area contributed by atoms with Gasteiger partial charge in [-0.15, -0.1) is 0 Å². The summed E-state index contributed by atoms with van der Waals surface area (Å²) in [6, 6.07) is 3.70. The molecule has 88 valence electrons. The number of hydrogen-bond acceptors (Lipinski definition) is 4. The van der Waals surface area contributed by atoms with E-state index in [9.17, 15) is 8.42 Å². The van der Waals surface area contributed by atoms with Crippen molar-refractivity contribution in [3.8, 4) is 0 Å². The quantitative estimate of drug-likeness (QED) is 0.925. The van der Waals surface area contributed by atoms with Crippen molar-refractivity contribution in [2.45, 2.75) is 18.1 Å². The molecule has 0 bridgehead atoms. The third-order valence-corrected chi connectivity index (χ3v) is 5.45. The number of nitrogens with zero attached hydrogens (tertiary/aromatic N) is 1. The van der Waals surface area contributed by atoms with Gasteiger partial charge in [-0.25, -0.2) is 13.4 Å². The Morgan fingerprint density at radius 1 is 1.50 bits per heavy atom. The highest BCUT2D eigenvalue weighted by Crippen LogP contribution is 2.20. The second-order valence-electron chi connectivity index (χ2n) is 3.87. The van der Waals surface area contributed by atoms with E-state index in [2.05, 4.69) is 26.2 Å². The van der Waals surface area contributed by atoms with E-state index in [1.807, 2.05) is 12.1 Å². The minimum Gasteiger partial charge on any atom is -0.369 e. The summed E-state index contributed by atoms with van der Waals surface area (Å²) < 4.78 is 24.0. The summed E-state index contributed by atoms with van der Waals surface area (Å²) in [7, 11) is -2.86. The molecule has 0 radical (unpaired) electrons. The number of pyridine rings is 1. The van der Waals surface area contributed by atoms with Gasteiger partial charge in [-0.2, -0.15) is 0 Å². The molecule has 1 aromatic rings. The van der Waals surface area contributed by atoms with Crippen LogP contribution < -0.4 is 5.32 Å². The summed E-state index contributed by atoms with van der Waals surface area (Å²) in [5, 5.41) is 2.81. The normalized spacial score (nSPS) is 23.2. The Hall–Kier alpha value is -0.620. The first-order valence-electron chi connectivity index (χ1n) is 5.15. The first-order valence-corrected chi connectivity index (χ1v) is 7.66. The predicted molar refractivity (Wildman–Crippen MR) is 67.2 cm³/mol. The number of aromatic nitrogens is 1. The molecule has 0 amide bonds. The third-order valence-electron chi connectivity index (χ3n) is 2.70. The summed E-state index contributed by atoms with van der Waals surface area (Å²) in [4.78, 5) is 4.13. The average Bonchev–Trinajstić information content (AvgIpc) is 2.57. The molecule has 1 N–H and O–H groups in total. The summed E-state index contributed by atoms with van der Waals surface area (Å²) >= 11 is 3.29. The monoisotopic (exact) mass is 304 g/mol. The van der Waals surface area contributed by atoms with Crippen LogP contribution in [0.5, 0.6) is 0 Å². The van der Waals surface area contributed by atoms with Crippen molar-refractivity contribution in [2.24, 2.45) is 0 Å². The lowest BCUT2D eigenvalue weighted by atomic mass is 10.2. The van der Waals surface area contributed by atoms with Crippen molar-refractivity contribution in [2.75, 3.05) is 17.6 Å². The molecular weight excluding hydrogens is 292 g/mol. The van der Waals surface area contributed by atoms with Gasteiger partial charge < -0.3 is 5.32 Å². The number of sulfone groups is 1. The van der Waals surface area contributed by atoms with Crippen LogP contribution in [0.15, 0.2) is 22.8 Å². The molecule has 2 heterocycles. The highest BCUT2D eigenvalue weighted by molar-refractivity contribution is 9.10. The molecule has 4 nitrogen and oxygen atoms in total. The van der Waals surface area contributed by atoms with E-state index in [4.69, 9.17) is 0 Å². The van der Waals surface area contributed by atoms with Crippen molar-refractivity contribution in [1.82, 2.24) is 4.98 Å². The molecule has 0 aromatic carbocycles. The number of hydrogen-bond donors (Lipinski definition) is 1. The molecule has 1 aliphatic rings. The van der Waals surface area contributed by atoms with Gasteiger partial charge in [0.15, 0.2) is 9.84 Å². The number of halogens is 1. The number of anilines is 1. The highest BCUT2D eigenvalue weighted by atomic mass is 79.9. The van der Waals surface area contributed by atoms with E-state index >= 15 is 0 Å². The Labute approximate surface area is 104 Å². The Bertz CT molecular complexity index is 458. The number of rotatable bonds is 3. The molecule has 0 aliphatic carbocycles. The van der Waals surface area contributed by atoms with E-state index in [0.29, 0.717) is 18.1 Å². The van der Waals surface area contributed by atoms with E-state index in [0.717, 1.165) is 17.3 Å². The summed E-state index contributed by atoms with van der Waals surface area (Å²) in [6.45, 7) is 0.455. The van der Waals surface area contributed by atoms with E-state index in [1.165, 1.54) is 0 Å². The van der Waals surface area contributed by atoms with Gasteiger partial charge in [0.05, 0.1) is 11.0 Å². The van der Waals surface area contributed by atoms with Gasteiger partial charge >= 0.3 is 0 Å². The molecule has 0 saturated carbocycles. The van der Waals surface area contributed by atoms with Gasteiger partial charge in [0.25, 0.3) is 0 Å². The van der Waals surface area contributed by atoms with Crippen LogP contribution in [0.25, 0.3) is 0 Å². The largest absolute Gasteiger partial charge is 0.369 e. The third kappa shape index (κ3) is 2.74. The molecule has 0 spiro atoms. The minimum atomic E-state index is -2.86. The van der Waals surface area contributed by atoms with Gasteiger partial charge in [-0.05, 0) is 40.9 Å². The summed E-state index contributed by atoms with van der Waals surface area (Å²) in [5.74, 6) is 1.04. The maximum Gasteiger partial charge on any atom is 0.154 e. The lowest BCUT2D eigenvalue weighted by Crippen LogP contribution is -2.25. The summed E-state index contributed by atoms with van der Waals surface area (Å²) in [5.41, 5.74) is 0. The highest BCUT2D eigenvalue weighted by Gasteiger charge is 2.30. The predicted octanol–water partition coefficient (Wildman–Crippen LogP) is 1.83. The fourth-order valence-electron chi connectivity index (χ4n) is 1.79. The van der Waals surface area contributed by atoms with Gasteiger partial charge in [0, 0.05) is 17.2 Å². The van der Waals surface area contributed by atoms with Gasteiger partial charge in [0.2, 0.25) is 0 Å². The Balaban J connectivity index is 1.95. The van der Waals surface area contributed by atoms with Crippen LogP contribution in [0.4, 0.5) is 5.82 Å². The molecule has 16 heavy (non-hydrogen) atoms. The van der Waals surface area contributed by atoms with Crippen molar-refractivity contribution in [3.05, 3.63) is 22.8 Å². The zero-order valence-corrected chi connectivity index (χ0v) is 11.1. The molecule has 1 aliphatic heterocycles. The number of nitrogens with one attached hydrogen (secondary N) is 1. The average molecular weight is 305 g/mol. The van der Waals surface area contributed by atoms with Crippen LogP contribution in [0.2, 0.25) is 0 Å². The van der Waals surface area contributed by atoms with Crippen LogP contribution in [0.3, 0.4) is 0 Å². The fraction of sp³-hybridized carbons (Fsp3) is 0.500. The topological polar surface area (TPSA) is 59.1 Å². The first kappa shape index (κ1) is 11.9. The SMILES string of the molecule is O=S1(=O)CCCC1CNc1ccc(Br)cn1. The summed E-state index contributed by atoms with van der Waals surface area (Å²) in [6.07, 6.45) is 3.22. The standard InChI is InChI=1S/C10H13BrN2O2S/c11-8-3-4-10(12-6-8)13-7-9-2-1-5-16(9,14)15/h3-4,6,9H,1-2,5,7H2,(H,12,13). The van der Waals surface area contributed by atoms with Crippen LogP contribution in [-0.2, 0) is 9.84 Å². The van der Waals surface area contributed by atoms with Gasteiger partial charge in [-0.3, -0.25) is 0 Å². The Kier molecular flexibility index (Phi) is 3.49. The van der Waals surface area contributed by atoms with Gasteiger partial charge in [-0.1, -0.05) is 0 Å². The second-order valence-corrected chi connectivity index (χ2v) is 7.19. The van der Waals surface area contributed by atoms with Crippen molar-refractivity contribution in [1.29, 1.82) is 0 Å². The molecular formula is C10H13BrN2O2S. The van der Waals surface area contributed by atoms with Crippen LogP contribution in [0.1, 0.15) is 12.8 Å². The maximum absolute atomic E-state index is 11.6. The second kappa shape index (κ2) is 4.71. The zero-order chi connectivity index (χ0) is 11.6. The van der Waals surface area contributed by atoms with Crippen LogP contribution >= 0.6 is 15.9 Å². The first-order chi connectivity index (χ1) is 7.58. The van der Waals surface area contributed by atoms with Crippen molar-refractivity contribution in [3.63, 3.8) is 0 Å². The van der Waals surface area contributed by atoms with E-state index in [-0.39, 0.29) is 5.25 Å². The van der Waals surface area contributed by atoms with Crippen molar-refractivity contribution < 1.29 is 8.42 Å². The molecule has 1 fully saturated rings. The fourth-order valence-corrected chi connectivity index (χ4v) is 3.79. The molecule has 6 heteroatoms. The van der Waals surface area contributed by atoms with E-state index in [1.54, 1.807) is 6.20 Å². The zero-order valence-electron chi connectivity index (χ0n) is 8.69. The van der Waals surface area contributed by atoms with Gasteiger partial charge in [0.1, 0.15) is 5.82 Å². The molecule has 1 aromatic heterocycles. The minimum absolute atomic E-state index is 0.252. The lowest BCUT2D eigenvalue weighted by Gasteiger charge is -2.10. The van der Waals surface area contributed by atoms with Crippen LogP contribution in [-0.4, -0.2) is 30.9 Å². The van der Waals surface area contributed by atoms with E-state index < -0.39 is 9.84 Å². The van der Waals surface area contributed by atoms with Crippen molar-refractivity contribution >= 4 is 31.6 Å². The molecule has 1 saturated heterocycles. The Morgan fingerprint density at radius 3 is 2.88 bits per heavy atom. The lowest BCUT2D eigenvalue weighted by molar-refractivity contribution is 0.591.